The summed E-state index contributed by atoms with van der Waals surface area (Å²) in [4.78, 5) is 0.318. The minimum absolute atomic E-state index is 0.198. The second kappa shape index (κ2) is 5.71. The second-order valence-corrected chi connectivity index (χ2v) is 7.49. The molecule has 5 nitrogen and oxygen atoms in total. The van der Waals surface area contributed by atoms with Crippen molar-refractivity contribution in [3.8, 4) is 5.75 Å². The van der Waals surface area contributed by atoms with Crippen LogP contribution in [-0.2, 0) is 10.0 Å². The van der Waals surface area contributed by atoms with Crippen LogP contribution in [0.3, 0.4) is 0 Å². The van der Waals surface area contributed by atoms with Crippen molar-refractivity contribution in [1.82, 2.24) is 9.62 Å². The first kappa shape index (κ1) is 15.3. The number of hydrogen-bond donors (Lipinski definition) is 1. The van der Waals surface area contributed by atoms with Crippen LogP contribution in [0.1, 0.15) is 20.8 Å². The summed E-state index contributed by atoms with van der Waals surface area (Å²) in [7, 11) is -3.43. The highest BCUT2D eigenvalue weighted by Gasteiger charge is 2.33. The van der Waals surface area contributed by atoms with Crippen LogP contribution in [0.4, 0.5) is 0 Å². The molecule has 0 unspecified atom stereocenters. The molecule has 0 aromatic heterocycles. The largest absolute Gasteiger partial charge is 0.494 e. The van der Waals surface area contributed by atoms with Crippen LogP contribution in [0.15, 0.2) is 29.2 Å². The molecule has 0 aliphatic carbocycles. The molecule has 0 spiro atoms. The van der Waals surface area contributed by atoms with E-state index in [0.29, 0.717) is 36.9 Å². The minimum atomic E-state index is -3.43. The van der Waals surface area contributed by atoms with E-state index in [-0.39, 0.29) is 5.54 Å². The molecule has 112 valence electrons. The fourth-order valence-electron chi connectivity index (χ4n) is 2.32. The quantitative estimate of drug-likeness (QED) is 0.914. The standard InChI is InChI=1S/C14H22N2O3S/c1-4-19-12-5-7-13(8-6-12)20(17,18)16-10-9-15-14(2,3)11-16/h5-8,15H,4,9-11H2,1-3H3. The monoisotopic (exact) mass is 298 g/mol. The van der Waals surface area contributed by atoms with Crippen molar-refractivity contribution >= 4 is 10.0 Å². The van der Waals surface area contributed by atoms with Crippen LogP contribution in [-0.4, -0.2) is 44.5 Å². The van der Waals surface area contributed by atoms with Crippen LogP contribution in [0.2, 0.25) is 0 Å². The van der Waals surface area contributed by atoms with Gasteiger partial charge in [0.05, 0.1) is 11.5 Å². The van der Waals surface area contributed by atoms with Crippen molar-refractivity contribution in [3.63, 3.8) is 0 Å². The maximum atomic E-state index is 12.6. The van der Waals surface area contributed by atoms with Crippen molar-refractivity contribution < 1.29 is 13.2 Å². The van der Waals surface area contributed by atoms with E-state index in [4.69, 9.17) is 4.74 Å². The van der Waals surface area contributed by atoms with Gasteiger partial charge < -0.3 is 10.1 Å². The van der Waals surface area contributed by atoms with Crippen LogP contribution >= 0.6 is 0 Å². The Morgan fingerprint density at radius 3 is 2.50 bits per heavy atom. The molecule has 0 amide bonds. The third-order valence-electron chi connectivity index (χ3n) is 3.31. The fraction of sp³-hybridized carbons (Fsp3) is 0.571. The number of sulfonamides is 1. The predicted molar refractivity (Wildman–Crippen MR) is 78.5 cm³/mol. The third kappa shape index (κ3) is 3.31. The highest BCUT2D eigenvalue weighted by atomic mass is 32.2. The summed E-state index contributed by atoms with van der Waals surface area (Å²) in [5, 5.41) is 3.31. The molecule has 1 aliphatic rings. The molecule has 2 rings (SSSR count). The number of nitrogens with one attached hydrogen (secondary N) is 1. The van der Waals surface area contributed by atoms with Gasteiger partial charge in [-0.05, 0) is 45.0 Å². The summed E-state index contributed by atoms with van der Waals surface area (Å²) in [6.07, 6.45) is 0. The maximum Gasteiger partial charge on any atom is 0.243 e. The molecule has 0 atom stereocenters. The zero-order valence-corrected chi connectivity index (χ0v) is 13.0. The van der Waals surface area contributed by atoms with Gasteiger partial charge in [0, 0.05) is 25.2 Å². The lowest BCUT2D eigenvalue weighted by Gasteiger charge is -2.38. The molecule has 1 aliphatic heterocycles. The van der Waals surface area contributed by atoms with Crippen molar-refractivity contribution in [2.24, 2.45) is 0 Å². The van der Waals surface area contributed by atoms with Crippen LogP contribution in [0.25, 0.3) is 0 Å². The summed E-state index contributed by atoms with van der Waals surface area (Å²) in [6, 6.07) is 6.61. The Bertz CT molecular complexity index is 552. The molecule has 0 radical (unpaired) electrons. The molecular formula is C14H22N2O3S. The zero-order valence-electron chi connectivity index (χ0n) is 12.2. The Kier molecular flexibility index (Phi) is 4.36. The Morgan fingerprint density at radius 1 is 1.30 bits per heavy atom. The molecule has 1 N–H and O–H groups in total. The molecule has 0 saturated carbocycles. The van der Waals surface area contributed by atoms with Gasteiger partial charge in [-0.1, -0.05) is 0 Å². The van der Waals surface area contributed by atoms with Crippen LogP contribution in [0.5, 0.6) is 5.75 Å². The number of piperazine rings is 1. The van der Waals surface area contributed by atoms with E-state index in [9.17, 15) is 8.42 Å². The maximum absolute atomic E-state index is 12.6. The highest BCUT2D eigenvalue weighted by Crippen LogP contribution is 2.22. The summed E-state index contributed by atoms with van der Waals surface area (Å²) in [5.41, 5.74) is -0.198. The lowest BCUT2D eigenvalue weighted by molar-refractivity contribution is 0.233. The van der Waals surface area contributed by atoms with Crippen molar-refractivity contribution in [1.29, 1.82) is 0 Å². The number of nitrogens with zero attached hydrogens (tertiary/aromatic N) is 1. The Labute approximate surface area is 121 Å². The molecule has 1 aromatic carbocycles. The van der Waals surface area contributed by atoms with E-state index in [2.05, 4.69) is 5.32 Å². The average molecular weight is 298 g/mol. The van der Waals surface area contributed by atoms with E-state index in [0.717, 1.165) is 0 Å². The van der Waals surface area contributed by atoms with Crippen LogP contribution < -0.4 is 10.1 Å². The molecule has 0 bridgehead atoms. The third-order valence-corrected chi connectivity index (χ3v) is 5.17. The number of hydrogen-bond acceptors (Lipinski definition) is 4. The van der Waals surface area contributed by atoms with Crippen molar-refractivity contribution in [3.05, 3.63) is 24.3 Å². The molecule has 1 heterocycles. The Morgan fingerprint density at radius 2 is 1.95 bits per heavy atom. The average Bonchev–Trinajstić information content (AvgIpc) is 2.38. The first-order valence-corrected chi connectivity index (χ1v) is 8.27. The summed E-state index contributed by atoms with van der Waals surface area (Å²) in [5.74, 6) is 0.687. The van der Waals surface area contributed by atoms with E-state index in [1.807, 2.05) is 20.8 Å². The number of rotatable bonds is 4. The predicted octanol–water partition coefficient (Wildman–Crippen LogP) is 1.46. The van der Waals surface area contributed by atoms with Gasteiger partial charge in [-0.15, -0.1) is 0 Å². The van der Waals surface area contributed by atoms with Crippen LogP contribution in [0, 0.1) is 0 Å². The molecule has 1 fully saturated rings. The van der Waals surface area contributed by atoms with E-state index >= 15 is 0 Å². The number of ether oxygens (including phenoxy) is 1. The van der Waals surface area contributed by atoms with Crippen molar-refractivity contribution in [2.75, 3.05) is 26.2 Å². The van der Waals surface area contributed by atoms with Gasteiger partial charge in [-0.25, -0.2) is 8.42 Å². The van der Waals surface area contributed by atoms with E-state index in [1.54, 1.807) is 28.6 Å². The first-order chi connectivity index (χ1) is 9.35. The minimum Gasteiger partial charge on any atom is -0.494 e. The van der Waals surface area contributed by atoms with Gasteiger partial charge in [-0.2, -0.15) is 4.31 Å². The Hall–Kier alpha value is -1.11. The first-order valence-electron chi connectivity index (χ1n) is 6.83. The van der Waals surface area contributed by atoms with Gasteiger partial charge in [0.15, 0.2) is 0 Å². The SMILES string of the molecule is CCOc1ccc(S(=O)(=O)N2CCNC(C)(C)C2)cc1. The van der Waals surface area contributed by atoms with E-state index in [1.165, 1.54) is 0 Å². The molecule has 1 aromatic rings. The van der Waals surface area contributed by atoms with Crippen molar-refractivity contribution in [2.45, 2.75) is 31.2 Å². The normalized spacial score (nSPS) is 19.8. The van der Waals surface area contributed by atoms with Gasteiger partial charge >= 0.3 is 0 Å². The second-order valence-electron chi connectivity index (χ2n) is 5.55. The zero-order chi connectivity index (χ0) is 14.8. The smallest absolute Gasteiger partial charge is 0.243 e. The van der Waals surface area contributed by atoms with Gasteiger partial charge in [0.1, 0.15) is 5.75 Å². The lowest BCUT2D eigenvalue weighted by Crippen LogP contribution is -2.58. The van der Waals surface area contributed by atoms with Gasteiger partial charge in [-0.3, -0.25) is 0 Å². The fourth-order valence-corrected chi connectivity index (χ4v) is 3.93. The van der Waals surface area contributed by atoms with E-state index < -0.39 is 10.0 Å². The Balaban J connectivity index is 2.21. The summed E-state index contributed by atoms with van der Waals surface area (Å²) in [6.45, 7) is 8.12. The summed E-state index contributed by atoms with van der Waals surface area (Å²) < 4.78 is 32.1. The van der Waals surface area contributed by atoms with Gasteiger partial charge in [0.25, 0.3) is 0 Å². The summed E-state index contributed by atoms with van der Waals surface area (Å²) >= 11 is 0. The molecule has 6 heteroatoms. The number of benzene rings is 1. The topological polar surface area (TPSA) is 58.6 Å². The van der Waals surface area contributed by atoms with Gasteiger partial charge in [0.2, 0.25) is 10.0 Å². The molecule has 1 saturated heterocycles. The molecule has 20 heavy (non-hydrogen) atoms. The molecular weight excluding hydrogens is 276 g/mol. The lowest BCUT2D eigenvalue weighted by atomic mass is 10.0. The highest BCUT2D eigenvalue weighted by molar-refractivity contribution is 7.89.